The van der Waals surface area contributed by atoms with Crippen molar-refractivity contribution in [2.75, 3.05) is 0 Å². The molecule has 0 unspecified atom stereocenters. The van der Waals surface area contributed by atoms with Gasteiger partial charge in [0.05, 0.1) is 11.6 Å². The van der Waals surface area contributed by atoms with E-state index in [1.54, 1.807) is 17.4 Å². The summed E-state index contributed by atoms with van der Waals surface area (Å²) in [6.07, 6.45) is 0. The van der Waals surface area contributed by atoms with Gasteiger partial charge in [0.2, 0.25) is 5.91 Å². The van der Waals surface area contributed by atoms with Gasteiger partial charge in [-0.2, -0.15) is 0 Å². The van der Waals surface area contributed by atoms with Gasteiger partial charge in [-0.1, -0.05) is 26.0 Å². The van der Waals surface area contributed by atoms with E-state index in [0.29, 0.717) is 0 Å². The van der Waals surface area contributed by atoms with Crippen molar-refractivity contribution >= 4 is 23.2 Å². The minimum atomic E-state index is -0.746. The first kappa shape index (κ1) is 20.1. The third-order valence-corrected chi connectivity index (χ3v) is 5.24. The van der Waals surface area contributed by atoms with E-state index in [0.717, 1.165) is 10.4 Å². The first-order chi connectivity index (χ1) is 12.2. The fourth-order valence-corrected chi connectivity index (χ4v) is 3.88. The quantitative estimate of drug-likeness (QED) is 0.796. The van der Waals surface area contributed by atoms with Crippen molar-refractivity contribution in [1.29, 1.82) is 0 Å². The lowest BCUT2D eigenvalue weighted by Crippen LogP contribution is -2.50. The second kappa shape index (κ2) is 8.45. The van der Waals surface area contributed by atoms with Gasteiger partial charge in [0.25, 0.3) is 5.91 Å². The summed E-state index contributed by atoms with van der Waals surface area (Å²) in [5.74, 6) is -1.61. The van der Waals surface area contributed by atoms with Crippen LogP contribution in [0.2, 0.25) is 0 Å². The average Bonchev–Trinajstić information content (AvgIpc) is 2.90. The molecular formula is C20H25FN2O2S. The van der Waals surface area contributed by atoms with Gasteiger partial charge in [0, 0.05) is 9.75 Å². The summed E-state index contributed by atoms with van der Waals surface area (Å²) in [7, 11) is 0. The maximum Gasteiger partial charge on any atom is 0.254 e. The molecule has 26 heavy (non-hydrogen) atoms. The van der Waals surface area contributed by atoms with Crippen LogP contribution in [-0.4, -0.2) is 17.9 Å². The number of carbonyl (C=O) groups excluding carboxylic acids is 2. The zero-order chi connectivity index (χ0) is 19.4. The van der Waals surface area contributed by atoms with E-state index in [-0.39, 0.29) is 23.4 Å². The number of benzene rings is 1. The van der Waals surface area contributed by atoms with E-state index in [1.165, 1.54) is 23.1 Å². The Morgan fingerprint density at radius 3 is 2.27 bits per heavy atom. The van der Waals surface area contributed by atoms with Crippen molar-refractivity contribution < 1.29 is 14.0 Å². The van der Waals surface area contributed by atoms with Gasteiger partial charge in [-0.3, -0.25) is 9.59 Å². The number of hydrogen-bond donors (Lipinski definition) is 2. The molecule has 0 aliphatic heterocycles. The highest BCUT2D eigenvalue weighted by Crippen LogP contribution is 2.26. The Bertz CT molecular complexity index is 801. The molecule has 2 rings (SSSR count). The molecule has 0 saturated carbocycles. The SMILES string of the molecule is Cc1cc([C@@H](C)NC(=O)[C@H](NC(=O)c2ccccc2F)C(C)C)c(C)s1. The van der Waals surface area contributed by atoms with Crippen LogP contribution in [0.4, 0.5) is 4.39 Å². The lowest BCUT2D eigenvalue weighted by atomic mass is 10.0. The predicted octanol–water partition coefficient (Wildman–Crippen LogP) is 4.14. The number of hydrogen-bond acceptors (Lipinski definition) is 3. The summed E-state index contributed by atoms with van der Waals surface area (Å²) in [5, 5.41) is 5.62. The van der Waals surface area contributed by atoms with Gasteiger partial charge in [-0.05, 0) is 50.5 Å². The van der Waals surface area contributed by atoms with Crippen molar-refractivity contribution in [3.63, 3.8) is 0 Å². The van der Waals surface area contributed by atoms with Crippen LogP contribution in [-0.2, 0) is 4.79 Å². The summed E-state index contributed by atoms with van der Waals surface area (Å²) in [4.78, 5) is 27.4. The molecule has 0 saturated heterocycles. The number of nitrogens with one attached hydrogen (secondary N) is 2. The molecule has 140 valence electrons. The topological polar surface area (TPSA) is 58.2 Å². The highest BCUT2D eigenvalue weighted by molar-refractivity contribution is 7.12. The predicted molar refractivity (Wildman–Crippen MR) is 103 cm³/mol. The zero-order valence-corrected chi connectivity index (χ0v) is 16.5. The van der Waals surface area contributed by atoms with Gasteiger partial charge in [-0.15, -0.1) is 11.3 Å². The standard InChI is InChI=1S/C20H25FN2O2S/c1-11(2)18(23-19(24)15-8-6-7-9-17(15)21)20(25)22-13(4)16-10-12(3)26-14(16)5/h6-11,13,18H,1-5H3,(H,22,25)(H,23,24)/t13-,18-/m1/s1. The maximum absolute atomic E-state index is 13.8. The van der Waals surface area contributed by atoms with Crippen LogP contribution in [0.15, 0.2) is 30.3 Å². The Hall–Kier alpha value is -2.21. The number of amides is 2. The van der Waals surface area contributed by atoms with Crippen molar-refractivity contribution in [2.24, 2.45) is 5.92 Å². The number of carbonyl (C=O) groups is 2. The van der Waals surface area contributed by atoms with Crippen molar-refractivity contribution in [3.8, 4) is 0 Å². The first-order valence-electron chi connectivity index (χ1n) is 8.63. The smallest absolute Gasteiger partial charge is 0.254 e. The van der Waals surface area contributed by atoms with Crippen LogP contribution >= 0.6 is 11.3 Å². The molecule has 2 atom stereocenters. The Morgan fingerprint density at radius 1 is 1.08 bits per heavy atom. The van der Waals surface area contributed by atoms with Crippen molar-refractivity contribution in [1.82, 2.24) is 10.6 Å². The van der Waals surface area contributed by atoms with Gasteiger partial charge in [0.1, 0.15) is 11.9 Å². The number of aryl methyl sites for hydroxylation is 2. The van der Waals surface area contributed by atoms with E-state index in [1.807, 2.05) is 34.6 Å². The Morgan fingerprint density at radius 2 is 1.73 bits per heavy atom. The van der Waals surface area contributed by atoms with Gasteiger partial charge >= 0.3 is 0 Å². The normalized spacial score (nSPS) is 13.3. The van der Waals surface area contributed by atoms with Crippen molar-refractivity contribution in [3.05, 3.63) is 57.0 Å². The molecule has 1 heterocycles. The molecule has 0 aliphatic carbocycles. The fourth-order valence-electron chi connectivity index (χ4n) is 2.86. The second-order valence-electron chi connectivity index (χ2n) is 6.77. The molecular weight excluding hydrogens is 351 g/mol. The lowest BCUT2D eigenvalue weighted by molar-refractivity contribution is -0.124. The summed E-state index contributed by atoms with van der Waals surface area (Å²) >= 11 is 1.69. The molecule has 0 aliphatic rings. The monoisotopic (exact) mass is 376 g/mol. The molecule has 2 amide bonds. The molecule has 2 aromatic rings. The molecule has 0 bridgehead atoms. The molecule has 6 heteroatoms. The number of rotatable bonds is 6. The van der Waals surface area contributed by atoms with Crippen LogP contribution in [0.1, 0.15) is 52.5 Å². The van der Waals surface area contributed by atoms with Crippen LogP contribution in [0.5, 0.6) is 0 Å². The van der Waals surface area contributed by atoms with Crippen LogP contribution in [0.3, 0.4) is 0 Å². The van der Waals surface area contributed by atoms with E-state index in [4.69, 9.17) is 0 Å². The lowest BCUT2D eigenvalue weighted by Gasteiger charge is -2.24. The summed E-state index contributed by atoms with van der Waals surface area (Å²) in [6.45, 7) is 9.66. The fraction of sp³-hybridized carbons (Fsp3) is 0.400. The van der Waals surface area contributed by atoms with E-state index < -0.39 is 17.8 Å². The number of thiophene rings is 1. The molecule has 0 radical (unpaired) electrons. The van der Waals surface area contributed by atoms with Crippen LogP contribution < -0.4 is 10.6 Å². The Kier molecular flexibility index (Phi) is 6.53. The second-order valence-corrected chi connectivity index (χ2v) is 8.23. The van der Waals surface area contributed by atoms with E-state index >= 15 is 0 Å². The zero-order valence-electron chi connectivity index (χ0n) is 15.7. The van der Waals surface area contributed by atoms with Crippen molar-refractivity contribution in [2.45, 2.75) is 46.7 Å². The van der Waals surface area contributed by atoms with Gasteiger partial charge in [-0.25, -0.2) is 4.39 Å². The highest BCUT2D eigenvalue weighted by Gasteiger charge is 2.27. The largest absolute Gasteiger partial charge is 0.348 e. The molecule has 2 N–H and O–H groups in total. The highest BCUT2D eigenvalue weighted by atomic mass is 32.1. The van der Waals surface area contributed by atoms with E-state index in [2.05, 4.69) is 16.7 Å². The summed E-state index contributed by atoms with van der Waals surface area (Å²) < 4.78 is 13.8. The molecule has 1 aromatic heterocycles. The minimum Gasteiger partial charge on any atom is -0.348 e. The van der Waals surface area contributed by atoms with Crippen LogP contribution in [0, 0.1) is 25.6 Å². The molecule has 0 spiro atoms. The average molecular weight is 376 g/mol. The van der Waals surface area contributed by atoms with E-state index in [9.17, 15) is 14.0 Å². The summed E-state index contributed by atoms with van der Waals surface area (Å²) in [6, 6.07) is 6.89. The summed E-state index contributed by atoms with van der Waals surface area (Å²) in [5.41, 5.74) is 1.01. The number of halogens is 1. The molecule has 0 fully saturated rings. The molecule has 1 aromatic carbocycles. The molecule has 4 nitrogen and oxygen atoms in total. The third kappa shape index (κ3) is 4.69. The minimum absolute atomic E-state index is 0.0664. The Labute approximate surface area is 157 Å². The van der Waals surface area contributed by atoms with Gasteiger partial charge in [0.15, 0.2) is 0 Å². The maximum atomic E-state index is 13.8. The van der Waals surface area contributed by atoms with Crippen LogP contribution in [0.25, 0.3) is 0 Å². The third-order valence-electron chi connectivity index (χ3n) is 4.26. The Balaban J connectivity index is 2.11. The first-order valence-corrected chi connectivity index (χ1v) is 9.45. The van der Waals surface area contributed by atoms with Gasteiger partial charge < -0.3 is 10.6 Å².